The van der Waals surface area contributed by atoms with Crippen molar-refractivity contribution in [2.45, 2.75) is 0 Å². The fraction of sp³-hybridized carbons (Fsp3) is 0. The summed E-state index contributed by atoms with van der Waals surface area (Å²) in [5.41, 5.74) is 7.55. The van der Waals surface area contributed by atoms with Crippen molar-refractivity contribution in [1.82, 2.24) is 0 Å². The van der Waals surface area contributed by atoms with E-state index in [2.05, 4.69) is 103 Å². The maximum Gasteiger partial charge on any atom is 0.178 e. The average Bonchev–Trinajstić information content (AvgIpc) is 3.77. The third kappa shape index (κ3) is 3.08. The van der Waals surface area contributed by atoms with Crippen molar-refractivity contribution < 1.29 is 13.3 Å². The van der Waals surface area contributed by atoms with E-state index >= 15 is 0 Å². The molecule has 10 aromatic rings. The third-order valence-corrected chi connectivity index (χ3v) is 8.88. The highest BCUT2D eigenvalue weighted by Gasteiger charge is 2.22. The summed E-state index contributed by atoms with van der Waals surface area (Å²) in [4.78, 5) is 0. The Balaban J connectivity index is 1.32. The molecule has 10 rings (SSSR count). The minimum absolute atomic E-state index is 0.771. The summed E-state index contributed by atoms with van der Waals surface area (Å²) in [6.07, 6.45) is 0. The van der Waals surface area contributed by atoms with Crippen molar-refractivity contribution in [3.05, 3.63) is 133 Å². The normalized spacial score (nSPS) is 12.2. The molecule has 0 saturated heterocycles. The van der Waals surface area contributed by atoms with Gasteiger partial charge in [0.1, 0.15) is 22.5 Å². The Morgan fingerprint density at radius 1 is 0.326 bits per heavy atom. The molecule has 0 aliphatic heterocycles. The molecule has 3 heterocycles. The predicted octanol–water partition coefficient (Wildman–Crippen LogP) is 11.9. The van der Waals surface area contributed by atoms with Gasteiger partial charge in [0.15, 0.2) is 11.2 Å². The first kappa shape index (κ1) is 22.8. The Hall–Kier alpha value is -5.80. The maximum atomic E-state index is 6.76. The van der Waals surface area contributed by atoms with Gasteiger partial charge in [-0.1, -0.05) is 109 Å². The Kier molecular flexibility index (Phi) is 4.45. The SMILES string of the molecule is c1ccc2c(c1)oc1c(-c3c4ccccc4c(-c4cc5ccc6c7ccccc7oc6c5o4)c4ccccc34)cccc12. The molecule has 0 N–H and O–H groups in total. The third-order valence-electron chi connectivity index (χ3n) is 8.88. The molecule has 0 unspecified atom stereocenters. The van der Waals surface area contributed by atoms with Gasteiger partial charge in [-0.2, -0.15) is 0 Å². The van der Waals surface area contributed by atoms with E-state index in [4.69, 9.17) is 13.3 Å². The fourth-order valence-electron chi connectivity index (χ4n) is 7.03. The summed E-state index contributed by atoms with van der Waals surface area (Å²) in [6, 6.07) is 46.5. The van der Waals surface area contributed by atoms with Gasteiger partial charge in [-0.3, -0.25) is 0 Å². The molecule has 0 atom stereocenters. The highest BCUT2D eigenvalue weighted by molar-refractivity contribution is 6.24. The Morgan fingerprint density at radius 2 is 0.837 bits per heavy atom. The van der Waals surface area contributed by atoms with E-state index in [0.29, 0.717) is 0 Å². The van der Waals surface area contributed by atoms with E-state index in [-0.39, 0.29) is 0 Å². The van der Waals surface area contributed by atoms with Gasteiger partial charge >= 0.3 is 0 Å². The monoisotopic (exact) mass is 550 g/mol. The van der Waals surface area contributed by atoms with E-state index in [0.717, 1.165) is 98.8 Å². The Morgan fingerprint density at radius 3 is 1.49 bits per heavy atom. The van der Waals surface area contributed by atoms with Gasteiger partial charge in [0.25, 0.3) is 0 Å². The van der Waals surface area contributed by atoms with Gasteiger partial charge in [-0.15, -0.1) is 0 Å². The molecule has 0 fully saturated rings. The molecule has 0 bridgehead atoms. The lowest BCUT2D eigenvalue weighted by atomic mass is 9.87. The minimum atomic E-state index is 0.771. The van der Waals surface area contributed by atoms with Crippen LogP contribution >= 0.6 is 0 Å². The number of hydrogen-bond acceptors (Lipinski definition) is 3. The van der Waals surface area contributed by atoms with Crippen LogP contribution in [0.3, 0.4) is 0 Å². The van der Waals surface area contributed by atoms with Gasteiger partial charge in [0.05, 0.1) is 0 Å². The van der Waals surface area contributed by atoms with Crippen molar-refractivity contribution in [1.29, 1.82) is 0 Å². The van der Waals surface area contributed by atoms with Crippen LogP contribution in [0.1, 0.15) is 0 Å². The number of fused-ring (bicyclic) bond motifs is 10. The van der Waals surface area contributed by atoms with Crippen molar-refractivity contribution >= 4 is 76.4 Å². The van der Waals surface area contributed by atoms with Crippen LogP contribution in [0, 0.1) is 0 Å². The van der Waals surface area contributed by atoms with Crippen LogP contribution in [0.15, 0.2) is 147 Å². The molecule has 0 radical (unpaired) electrons. The lowest BCUT2D eigenvalue weighted by Crippen LogP contribution is -1.90. The minimum Gasteiger partial charge on any atom is -0.455 e. The van der Waals surface area contributed by atoms with Crippen LogP contribution in [0.2, 0.25) is 0 Å². The summed E-state index contributed by atoms with van der Waals surface area (Å²) in [5, 5.41) is 9.99. The molecular weight excluding hydrogens is 528 g/mol. The molecule has 7 aromatic carbocycles. The van der Waals surface area contributed by atoms with Crippen LogP contribution in [0.4, 0.5) is 0 Å². The molecule has 0 saturated carbocycles. The standard InChI is InChI=1S/C40H22O3/c1-3-14-28-26(12-1)36(32-17-9-16-30-24-10-5-7-18-33(24)41-39(30)32)27-13-2-4-15-29(27)37(28)35-22-23-20-21-31-25-11-6-8-19-34(25)42-40(31)38(23)43-35/h1-22H. The van der Waals surface area contributed by atoms with Gasteiger partial charge in [0, 0.05) is 43.6 Å². The smallest absolute Gasteiger partial charge is 0.178 e. The van der Waals surface area contributed by atoms with Gasteiger partial charge < -0.3 is 13.3 Å². The second kappa shape index (κ2) is 8.37. The van der Waals surface area contributed by atoms with E-state index in [1.54, 1.807) is 0 Å². The van der Waals surface area contributed by atoms with Crippen LogP contribution in [-0.2, 0) is 0 Å². The first-order valence-corrected chi connectivity index (χ1v) is 14.5. The molecule has 0 amide bonds. The van der Waals surface area contributed by atoms with Crippen molar-refractivity contribution in [3.63, 3.8) is 0 Å². The predicted molar refractivity (Wildman–Crippen MR) is 177 cm³/mol. The van der Waals surface area contributed by atoms with Crippen molar-refractivity contribution in [3.8, 4) is 22.5 Å². The first-order chi connectivity index (χ1) is 21.3. The number of para-hydroxylation sites is 3. The zero-order chi connectivity index (χ0) is 28.1. The summed E-state index contributed by atoms with van der Waals surface area (Å²) in [5.74, 6) is 0.823. The molecule has 3 heteroatoms. The zero-order valence-electron chi connectivity index (χ0n) is 22.9. The summed E-state index contributed by atoms with van der Waals surface area (Å²) < 4.78 is 19.6. The van der Waals surface area contributed by atoms with Crippen molar-refractivity contribution in [2.24, 2.45) is 0 Å². The van der Waals surface area contributed by atoms with Gasteiger partial charge in [-0.25, -0.2) is 0 Å². The lowest BCUT2D eigenvalue weighted by Gasteiger charge is -2.16. The maximum absolute atomic E-state index is 6.76. The van der Waals surface area contributed by atoms with Crippen LogP contribution in [0.25, 0.3) is 98.8 Å². The molecule has 3 nitrogen and oxygen atoms in total. The van der Waals surface area contributed by atoms with Crippen LogP contribution < -0.4 is 0 Å². The molecule has 0 aliphatic rings. The fourth-order valence-corrected chi connectivity index (χ4v) is 7.03. The highest BCUT2D eigenvalue weighted by Crippen LogP contribution is 2.47. The van der Waals surface area contributed by atoms with Gasteiger partial charge in [0.2, 0.25) is 0 Å². The molecular formula is C40H22O3. The molecule has 200 valence electrons. The van der Waals surface area contributed by atoms with E-state index in [1.165, 1.54) is 0 Å². The Labute approximate surface area is 245 Å². The second-order valence-corrected chi connectivity index (χ2v) is 11.2. The number of furan rings is 3. The first-order valence-electron chi connectivity index (χ1n) is 14.5. The highest BCUT2D eigenvalue weighted by atomic mass is 16.4. The molecule has 3 aromatic heterocycles. The lowest BCUT2D eigenvalue weighted by molar-refractivity contribution is 0.612. The Bertz CT molecular complexity index is 2680. The summed E-state index contributed by atoms with van der Waals surface area (Å²) in [7, 11) is 0. The quantitative estimate of drug-likeness (QED) is 0.201. The molecule has 0 spiro atoms. The van der Waals surface area contributed by atoms with Gasteiger partial charge in [-0.05, 0) is 45.8 Å². The second-order valence-electron chi connectivity index (χ2n) is 11.2. The van der Waals surface area contributed by atoms with Crippen LogP contribution in [0.5, 0.6) is 0 Å². The van der Waals surface area contributed by atoms with E-state index in [1.807, 2.05) is 30.3 Å². The number of benzene rings is 7. The van der Waals surface area contributed by atoms with Crippen molar-refractivity contribution in [2.75, 3.05) is 0 Å². The van der Waals surface area contributed by atoms with E-state index in [9.17, 15) is 0 Å². The van der Waals surface area contributed by atoms with E-state index < -0.39 is 0 Å². The van der Waals surface area contributed by atoms with Crippen LogP contribution in [-0.4, -0.2) is 0 Å². The number of rotatable bonds is 2. The molecule has 0 aliphatic carbocycles. The topological polar surface area (TPSA) is 39.4 Å². The average molecular weight is 551 g/mol. The molecule has 43 heavy (non-hydrogen) atoms. The number of hydrogen-bond donors (Lipinski definition) is 0. The summed E-state index contributed by atoms with van der Waals surface area (Å²) >= 11 is 0. The zero-order valence-corrected chi connectivity index (χ0v) is 22.9. The summed E-state index contributed by atoms with van der Waals surface area (Å²) in [6.45, 7) is 0. The largest absolute Gasteiger partial charge is 0.455 e.